The van der Waals surface area contributed by atoms with Crippen LogP contribution in [-0.2, 0) is 21.7 Å². The van der Waals surface area contributed by atoms with Gasteiger partial charge < -0.3 is 18.9 Å². The Morgan fingerprint density at radius 2 is 1.97 bits per heavy atom. The number of aliphatic hydroxyl groups is 1. The fourth-order valence-corrected chi connectivity index (χ4v) is 9.01. The first-order chi connectivity index (χ1) is 17.6. The zero-order valence-electron chi connectivity index (χ0n) is 21.4. The van der Waals surface area contributed by atoms with E-state index >= 15 is 4.11 Å². The monoisotopic (exact) mass is 542 g/mol. The maximum atomic E-state index is 15.8. The highest BCUT2D eigenvalue weighted by Crippen LogP contribution is 2.60. The molecule has 0 bridgehead atoms. The van der Waals surface area contributed by atoms with Gasteiger partial charge in [-0.2, -0.15) is 0 Å². The van der Waals surface area contributed by atoms with E-state index in [9.17, 15) is 9.90 Å². The number of rotatable bonds is 7. The molecule has 196 valence electrons. The maximum absolute atomic E-state index is 15.8. The van der Waals surface area contributed by atoms with E-state index < -0.39 is 25.7 Å². The van der Waals surface area contributed by atoms with Crippen LogP contribution >= 0.6 is 11.6 Å². The average molecular weight is 543 g/mol. The van der Waals surface area contributed by atoms with Gasteiger partial charge in [0.25, 0.3) is 5.91 Å². The largest absolute Gasteiger partial charge is 0.395 e. The summed E-state index contributed by atoms with van der Waals surface area (Å²) in [5, 5.41) is 19.1. The lowest BCUT2D eigenvalue weighted by molar-refractivity contribution is -0.145. The van der Waals surface area contributed by atoms with Crippen LogP contribution in [0.1, 0.15) is 36.1 Å². The van der Waals surface area contributed by atoms with Crippen molar-refractivity contribution in [3.8, 4) is 0 Å². The molecular weight excluding hydrogens is 511 g/mol. The Hall–Kier alpha value is -2.59. The van der Waals surface area contributed by atoms with Gasteiger partial charge in [0.15, 0.2) is 5.60 Å². The van der Waals surface area contributed by atoms with Crippen LogP contribution in [0, 0.1) is 5.92 Å². The highest BCUT2D eigenvalue weighted by molar-refractivity contribution is 6.72. The number of benzene rings is 2. The van der Waals surface area contributed by atoms with Crippen molar-refractivity contribution >= 4 is 31.6 Å². The number of fused-ring (bicyclic) bond motifs is 2. The fourth-order valence-electron chi connectivity index (χ4n) is 6.29. The van der Waals surface area contributed by atoms with E-state index in [0.29, 0.717) is 29.2 Å². The second-order valence-electron chi connectivity index (χ2n) is 10.6. The number of halogens is 2. The number of ether oxygens (including phenoxy) is 1. The summed E-state index contributed by atoms with van der Waals surface area (Å²) in [7, 11) is -1.51. The van der Waals surface area contributed by atoms with Gasteiger partial charge in [0.05, 0.1) is 30.0 Å². The van der Waals surface area contributed by atoms with Crippen LogP contribution in [0.5, 0.6) is 0 Å². The highest BCUT2D eigenvalue weighted by Gasteiger charge is 2.66. The minimum atomic E-state index is -3.24. The smallest absolute Gasteiger partial charge is 0.264 e. The van der Waals surface area contributed by atoms with E-state index in [2.05, 4.69) is 10.3 Å². The van der Waals surface area contributed by atoms with Crippen molar-refractivity contribution < 1.29 is 18.7 Å². The zero-order chi connectivity index (χ0) is 26.5. The van der Waals surface area contributed by atoms with Crippen LogP contribution in [0.2, 0.25) is 23.7 Å². The van der Waals surface area contributed by atoms with Crippen molar-refractivity contribution in [3.63, 3.8) is 0 Å². The molecule has 0 saturated carbocycles. The Morgan fingerprint density at radius 1 is 1.24 bits per heavy atom. The van der Waals surface area contributed by atoms with Crippen LogP contribution in [0.3, 0.4) is 0 Å². The van der Waals surface area contributed by atoms with Gasteiger partial charge in [0.2, 0.25) is 8.41 Å². The molecule has 3 aromatic rings. The van der Waals surface area contributed by atoms with Crippen LogP contribution in [0.4, 0.5) is 9.80 Å². The van der Waals surface area contributed by atoms with Crippen molar-refractivity contribution in [1.82, 2.24) is 15.0 Å². The molecule has 1 saturated heterocycles. The van der Waals surface area contributed by atoms with Gasteiger partial charge in [-0.25, -0.2) is 0 Å². The number of carbonyl (C=O) groups excluding carboxylic acids is 1. The van der Waals surface area contributed by atoms with E-state index in [1.807, 2.05) is 49.5 Å². The SMILES string of the molecule is C[C@@H]1[C@@H]([Si](C)(C)F)[C@H](CCn2cc(C(CO)c3ccccc3)nn2)O[C@@]12C(=O)N(C)c1ccc(Cl)cc12. The molecule has 2 aliphatic rings. The lowest BCUT2D eigenvalue weighted by Gasteiger charge is -2.31. The molecule has 10 heteroatoms. The van der Waals surface area contributed by atoms with Gasteiger partial charge in [-0.1, -0.05) is 54.1 Å². The molecule has 37 heavy (non-hydrogen) atoms. The van der Waals surface area contributed by atoms with Crippen LogP contribution in [-0.4, -0.2) is 54.2 Å². The van der Waals surface area contributed by atoms with E-state index in [4.69, 9.17) is 16.3 Å². The highest BCUT2D eigenvalue weighted by atomic mass is 35.5. The molecule has 1 N–H and O–H groups in total. The molecule has 2 aliphatic heterocycles. The summed E-state index contributed by atoms with van der Waals surface area (Å²) in [6.45, 7) is 5.66. The summed E-state index contributed by atoms with van der Waals surface area (Å²) in [4.78, 5) is 15.2. The Kier molecular flexibility index (Phi) is 6.76. The first-order valence-corrected chi connectivity index (χ1v) is 15.9. The lowest BCUT2D eigenvalue weighted by Crippen LogP contribution is -2.44. The first kappa shape index (κ1) is 26.0. The number of aryl methyl sites for hydroxylation is 1. The number of anilines is 1. The predicted molar refractivity (Wildman–Crippen MR) is 143 cm³/mol. The van der Waals surface area contributed by atoms with E-state index in [1.54, 1.807) is 41.9 Å². The molecule has 7 nitrogen and oxygen atoms in total. The van der Waals surface area contributed by atoms with Gasteiger partial charge in [-0.15, -0.1) is 5.10 Å². The van der Waals surface area contributed by atoms with Crippen molar-refractivity contribution in [2.24, 2.45) is 5.92 Å². The van der Waals surface area contributed by atoms with E-state index in [0.717, 1.165) is 11.3 Å². The van der Waals surface area contributed by atoms with Crippen molar-refractivity contribution in [2.45, 2.75) is 56.1 Å². The Bertz CT molecular complexity index is 1300. The van der Waals surface area contributed by atoms with Crippen LogP contribution in [0.15, 0.2) is 54.7 Å². The third-order valence-electron chi connectivity index (χ3n) is 7.99. The van der Waals surface area contributed by atoms with Crippen LogP contribution in [0.25, 0.3) is 0 Å². The Balaban J connectivity index is 1.42. The summed E-state index contributed by atoms with van der Waals surface area (Å²) < 4.78 is 24.2. The zero-order valence-corrected chi connectivity index (χ0v) is 23.2. The Morgan fingerprint density at radius 3 is 2.65 bits per heavy atom. The Labute approximate surface area is 222 Å². The molecule has 1 fully saturated rings. The topological polar surface area (TPSA) is 80.5 Å². The maximum Gasteiger partial charge on any atom is 0.264 e. The average Bonchev–Trinajstić information content (AvgIpc) is 3.50. The van der Waals surface area contributed by atoms with Crippen molar-refractivity contribution in [1.29, 1.82) is 0 Å². The van der Waals surface area contributed by atoms with Crippen LogP contribution < -0.4 is 4.90 Å². The molecule has 5 rings (SSSR count). The molecule has 5 atom stereocenters. The minimum Gasteiger partial charge on any atom is -0.395 e. The number of hydrogen-bond acceptors (Lipinski definition) is 5. The standard InChI is InChI=1S/C27H32ClFN4O3Si/c1-17-25(37(3,4)29)24(36-27(17)21-14-19(28)10-11-23(21)32(2)26(27)35)12-13-33-15-22(30-31-33)20(16-34)18-8-6-5-7-9-18/h5-11,14-15,17,20,24-25,34H,12-13,16H2,1-4H3/t17-,20?,24+,25-,27+/m1/s1. The summed E-state index contributed by atoms with van der Waals surface area (Å²) in [5.41, 5.74) is 1.42. The minimum absolute atomic E-state index is 0.0875. The second-order valence-corrected chi connectivity index (χ2v) is 14.9. The molecule has 0 radical (unpaired) electrons. The molecule has 2 aromatic carbocycles. The van der Waals surface area contributed by atoms with Gasteiger partial charge in [-0.05, 0) is 43.3 Å². The second kappa shape index (κ2) is 9.61. The lowest BCUT2D eigenvalue weighted by atomic mass is 9.82. The molecule has 1 spiro atoms. The number of nitrogens with zero attached hydrogens (tertiary/aromatic N) is 4. The number of aromatic nitrogens is 3. The summed E-state index contributed by atoms with van der Waals surface area (Å²) in [6.07, 6.45) is 1.82. The molecule has 0 aliphatic carbocycles. The number of carbonyl (C=O) groups is 1. The molecular formula is C27H32ClFN4O3Si. The fraction of sp³-hybridized carbons (Fsp3) is 0.444. The molecule has 3 heterocycles. The summed E-state index contributed by atoms with van der Waals surface area (Å²) in [5.74, 6) is -0.819. The number of aliphatic hydroxyl groups excluding tert-OH is 1. The number of hydrogen-bond donors (Lipinski definition) is 1. The first-order valence-electron chi connectivity index (χ1n) is 12.6. The van der Waals surface area contributed by atoms with Crippen molar-refractivity contribution in [2.75, 3.05) is 18.6 Å². The van der Waals surface area contributed by atoms with Gasteiger partial charge in [0, 0.05) is 41.8 Å². The third-order valence-corrected chi connectivity index (χ3v) is 10.7. The number of amides is 1. The normalized spacial score (nSPS) is 26.2. The third kappa shape index (κ3) is 4.31. The van der Waals surface area contributed by atoms with E-state index in [1.165, 1.54) is 0 Å². The molecule has 1 amide bonds. The van der Waals surface area contributed by atoms with Gasteiger partial charge in [-0.3, -0.25) is 9.48 Å². The number of likely N-dealkylation sites (N-methyl/N-ethyl adjacent to an activating group) is 1. The van der Waals surface area contributed by atoms with Gasteiger partial charge in [0.1, 0.15) is 0 Å². The summed E-state index contributed by atoms with van der Waals surface area (Å²) in [6, 6.07) is 15.0. The van der Waals surface area contributed by atoms with Gasteiger partial charge >= 0.3 is 0 Å². The van der Waals surface area contributed by atoms with E-state index in [-0.39, 0.29) is 24.3 Å². The molecule has 1 unspecified atom stereocenters. The predicted octanol–water partition coefficient (Wildman–Crippen LogP) is 4.90. The quantitative estimate of drug-likeness (QED) is 0.339. The van der Waals surface area contributed by atoms with Crippen molar-refractivity contribution in [3.05, 3.63) is 76.6 Å². The molecule has 1 aromatic heterocycles. The summed E-state index contributed by atoms with van der Waals surface area (Å²) >= 11 is 6.33.